The van der Waals surface area contributed by atoms with Gasteiger partial charge in [0.1, 0.15) is 11.3 Å². The van der Waals surface area contributed by atoms with Gasteiger partial charge in [-0.05, 0) is 69.1 Å². The van der Waals surface area contributed by atoms with Gasteiger partial charge < -0.3 is 4.57 Å². The molecule has 28 heavy (non-hydrogen) atoms. The lowest BCUT2D eigenvalue weighted by atomic mass is 10.1. The summed E-state index contributed by atoms with van der Waals surface area (Å²) in [5, 5.41) is 8.27. The zero-order valence-electron chi connectivity index (χ0n) is 17.1. The quantitative estimate of drug-likeness (QED) is 0.548. The zero-order chi connectivity index (χ0) is 19.7. The number of rotatable bonds is 4. The number of fused-ring (bicyclic) bond motifs is 1. The number of nitrogens with one attached hydrogen (secondary N) is 1. The molecular weight excluding hydrogens is 346 g/mol. The van der Waals surface area contributed by atoms with E-state index < -0.39 is 0 Å². The van der Waals surface area contributed by atoms with Crippen LogP contribution in [0.25, 0.3) is 11.0 Å². The van der Waals surface area contributed by atoms with E-state index in [1.807, 2.05) is 23.6 Å². The Morgan fingerprint density at radius 3 is 2.25 bits per heavy atom. The first-order valence-electron chi connectivity index (χ1n) is 10.1. The first-order chi connectivity index (χ1) is 13.6. The molecule has 5 nitrogen and oxygen atoms in total. The Morgan fingerprint density at radius 2 is 1.61 bits per heavy atom. The minimum Gasteiger partial charge on any atom is -0.339 e. The van der Waals surface area contributed by atoms with E-state index in [2.05, 4.69) is 51.7 Å². The monoisotopic (exact) mass is 375 g/mol. The molecule has 0 unspecified atom stereocenters. The molecule has 1 aliphatic rings. The Labute approximate surface area is 166 Å². The molecule has 0 spiro atoms. The van der Waals surface area contributed by atoms with Crippen molar-refractivity contribution in [1.29, 1.82) is 5.41 Å². The molecular formula is C23H29N5. The number of likely N-dealkylation sites (tertiary alicyclic amines) is 1. The van der Waals surface area contributed by atoms with Gasteiger partial charge in [-0.25, -0.2) is 0 Å². The van der Waals surface area contributed by atoms with E-state index in [-0.39, 0.29) is 0 Å². The molecule has 4 rings (SSSR count). The topological polar surface area (TPSA) is 49.3 Å². The van der Waals surface area contributed by atoms with Crippen LogP contribution in [0.3, 0.4) is 0 Å². The van der Waals surface area contributed by atoms with Crippen LogP contribution in [0.4, 0.5) is 0 Å². The normalized spacial score (nSPS) is 15.6. The molecule has 0 aliphatic carbocycles. The maximum Gasteiger partial charge on any atom is 0.130 e. The van der Waals surface area contributed by atoms with Gasteiger partial charge in [-0.15, -0.1) is 0 Å². The molecule has 2 aromatic heterocycles. The third-order valence-electron chi connectivity index (χ3n) is 5.82. The summed E-state index contributed by atoms with van der Waals surface area (Å²) in [7, 11) is 1.77. The number of hydrogen-bond acceptors (Lipinski definition) is 3. The van der Waals surface area contributed by atoms with Crippen LogP contribution < -0.4 is 5.49 Å². The second kappa shape index (κ2) is 7.76. The Morgan fingerprint density at radius 1 is 0.964 bits per heavy atom. The first-order valence-corrected chi connectivity index (χ1v) is 10.1. The van der Waals surface area contributed by atoms with Gasteiger partial charge >= 0.3 is 0 Å². The van der Waals surface area contributed by atoms with Gasteiger partial charge in [0.15, 0.2) is 0 Å². The van der Waals surface area contributed by atoms with Crippen molar-refractivity contribution in [3.05, 3.63) is 64.8 Å². The highest BCUT2D eigenvalue weighted by molar-refractivity contribution is 5.92. The summed E-state index contributed by atoms with van der Waals surface area (Å²) < 4.78 is 4.24. The van der Waals surface area contributed by atoms with Gasteiger partial charge in [0, 0.05) is 25.8 Å². The summed E-state index contributed by atoms with van der Waals surface area (Å²) in [6.45, 7) is 8.44. The molecule has 0 bridgehead atoms. The average Bonchev–Trinajstić information content (AvgIpc) is 3.31. The lowest BCUT2D eigenvalue weighted by Crippen LogP contribution is -2.24. The van der Waals surface area contributed by atoms with Gasteiger partial charge in [-0.3, -0.25) is 19.9 Å². The molecule has 3 heterocycles. The first kappa shape index (κ1) is 18.7. The van der Waals surface area contributed by atoms with Crippen LogP contribution in [0.15, 0.2) is 47.5 Å². The van der Waals surface area contributed by atoms with Crippen LogP contribution in [-0.4, -0.2) is 40.0 Å². The lowest BCUT2D eigenvalue weighted by molar-refractivity contribution is 0.331. The highest BCUT2D eigenvalue weighted by Crippen LogP contribution is 2.21. The van der Waals surface area contributed by atoms with E-state index in [1.54, 1.807) is 7.05 Å². The lowest BCUT2D eigenvalue weighted by Gasteiger charge is -2.15. The van der Waals surface area contributed by atoms with Crippen molar-refractivity contribution in [3.8, 4) is 0 Å². The summed E-state index contributed by atoms with van der Waals surface area (Å²) in [6, 6.07) is 15.1. The summed E-state index contributed by atoms with van der Waals surface area (Å²) in [5.41, 5.74) is 6.52. The van der Waals surface area contributed by atoms with Gasteiger partial charge in [0.05, 0.1) is 11.0 Å². The predicted molar refractivity (Wildman–Crippen MR) is 115 cm³/mol. The summed E-state index contributed by atoms with van der Waals surface area (Å²) in [6.07, 6.45) is 2.67. The Balaban J connectivity index is 1.63. The molecule has 1 saturated heterocycles. The van der Waals surface area contributed by atoms with Crippen LogP contribution in [0.5, 0.6) is 0 Å². The molecule has 3 aromatic rings. The third-order valence-corrected chi connectivity index (χ3v) is 5.82. The van der Waals surface area contributed by atoms with Crippen molar-refractivity contribution < 1.29 is 0 Å². The fraction of sp³-hybridized carbons (Fsp3) is 0.391. The second-order valence-corrected chi connectivity index (χ2v) is 7.77. The fourth-order valence-electron chi connectivity index (χ4n) is 4.18. The van der Waals surface area contributed by atoms with Crippen molar-refractivity contribution in [2.45, 2.75) is 39.8 Å². The fourth-order valence-corrected chi connectivity index (χ4v) is 4.18. The van der Waals surface area contributed by atoms with Crippen LogP contribution in [0, 0.1) is 12.3 Å². The molecule has 1 fully saturated rings. The molecule has 0 atom stereocenters. The number of nitrogens with zero attached hydrogens (tertiary/aromatic N) is 4. The molecule has 1 N–H and O–H groups in total. The Bertz CT molecular complexity index is 1060. The van der Waals surface area contributed by atoms with E-state index >= 15 is 0 Å². The van der Waals surface area contributed by atoms with E-state index in [1.165, 1.54) is 42.8 Å². The second-order valence-electron chi connectivity index (χ2n) is 7.77. The summed E-state index contributed by atoms with van der Waals surface area (Å²) in [4.78, 5) is 6.83. The van der Waals surface area contributed by atoms with Gasteiger partial charge in [0.25, 0.3) is 0 Å². The van der Waals surface area contributed by atoms with Crippen LogP contribution >= 0.6 is 0 Å². The van der Waals surface area contributed by atoms with Crippen LogP contribution in [0.1, 0.15) is 36.6 Å². The molecule has 0 amide bonds. The minimum absolute atomic E-state index is 0.457. The standard InChI is InChI=1S/C23H29N5/c1-17-14-22-21(10-11-23(24)28(22)18(2)25-3)27(17)16-20-8-6-19(7-9-20)15-26-12-4-5-13-26/h6-11,14,24H,4-5,12-13,15-16H2,1-3H3. The molecule has 1 aromatic carbocycles. The average molecular weight is 376 g/mol. The Kier molecular flexibility index (Phi) is 5.18. The van der Waals surface area contributed by atoms with Crippen molar-refractivity contribution in [2.24, 2.45) is 4.99 Å². The molecule has 146 valence electrons. The number of hydrogen-bond donors (Lipinski definition) is 1. The van der Waals surface area contributed by atoms with Crippen molar-refractivity contribution in [3.63, 3.8) is 0 Å². The number of aryl methyl sites for hydroxylation is 1. The maximum absolute atomic E-state index is 8.27. The third kappa shape index (κ3) is 3.54. The summed E-state index contributed by atoms with van der Waals surface area (Å²) >= 11 is 0. The van der Waals surface area contributed by atoms with E-state index in [0.29, 0.717) is 5.49 Å². The van der Waals surface area contributed by atoms with E-state index in [4.69, 9.17) is 5.41 Å². The summed E-state index contributed by atoms with van der Waals surface area (Å²) in [5.74, 6) is 0.832. The van der Waals surface area contributed by atoms with Crippen LogP contribution in [-0.2, 0) is 13.1 Å². The highest BCUT2D eigenvalue weighted by atomic mass is 15.1. The highest BCUT2D eigenvalue weighted by Gasteiger charge is 2.13. The smallest absolute Gasteiger partial charge is 0.130 e. The van der Waals surface area contributed by atoms with Crippen LogP contribution in [0.2, 0.25) is 0 Å². The molecule has 0 saturated carbocycles. The van der Waals surface area contributed by atoms with Gasteiger partial charge in [-0.2, -0.15) is 0 Å². The van der Waals surface area contributed by atoms with Gasteiger partial charge in [-0.1, -0.05) is 24.3 Å². The van der Waals surface area contributed by atoms with E-state index in [0.717, 1.165) is 30.0 Å². The Hall–Kier alpha value is -2.66. The van der Waals surface area contributed by atoms with Crippen molar-refractivity contribution in [2.75, 3.05) is 20.1 Å². The van der Waals surface area contributed by atoms with Crippen molar-refractivity contribution >= 4 is 16.9 Å². The predicted octanol–water partition coefficient (Wildman–Crippen LogP) is 3.77. The maximum atomic E-state index is 8.27. The van der Waals surface area contributed by atoms with Crippen molar-refractivity contribution in [1.82, 2.24) is 14.0 Å². The molecule has 0 radical (unpaired) electrons. The zero-order valence-corrected chi connectivity index (χ0v) is 17.1. The molecule has 5 heteroatoms. The number of aromatic nitrogens is 2. The number of aliphatic imine (C=N–C) groups is 1. The van der Waals surface area contributed by atoms with Gasteiger partial charge in [0.2, 0.25) is 0 Å². The minimum atomic E-state index is 0.457. The number of pyridine rings is 1. The van der Waals surface area contributed by atoms with E-state index in [9.17, 15) is 0 Å². The number of benzene rings is 1. The molecule has 1 aliphatic heterocycles. The SMILES string of the molecule is CN=C(C)n1c(=N)ccc2c1cc(C)n2Cc1ccc(CN2CCCC2)cc1. The largest absolute Gasteiger partial charge is 0.339 e.